The average molecular weight is 997 g/mol. The van der Waals surface area contributed by atoms with Crippen LogP contribution in [0.3, 0.4) is 0 Å². The van der Waals surface area contributed by atoms with Crippen molar-refractivity contribution in [3.8, 4) is 0 Å². The Hall–Kier alpha value is -1.51. The molecule has 0 saturated carbocycles. The highest BCUT2D eigenvalue weighted by Gasteiger charge is 2.53. The van der Waals surface area contributed by atoms with Gasteiger partial charge in [0.25, 0.3) is 0 Å². The summed E-state index contributed by atoms with van der Waals surface area (Å²) in [7, 11) is 0. The fourth-order valence-electron chi connectivity index (χ4n) is 10.4. The van der Waals surface area contributed by atoms with Crippen LogP contribution in [0.2, 0.25) is 0 Å². The molecule has 0 aromatic rings. The molecule has 0 aromatic carbocycles. The van der Waals surface area contributed by atoms with Gasteiger partial charge in [0.1, 0.15) is 24.4 Å². The maximum absolute atomic E-state index is 13.4. The van der Waals surface area contributed by atoms with E-state index < -0.39 is 170 Å². The molecule has 4 rings (SSSR count). The van der Waals surface area contributed by atoms with Gasteiger partial charge in [0.2, 0.25) is 0 Å². The highest BCUT2D eigenvalue weighted by atomic mass is 16.7. The van der Waals surface area contributed by atoms with Crippen molar-refractivity contribution in [3.05, 3.63) is 12.2 Å². The van der Waals surface area contributed by atoms with Crippen molar-refractivity contribution in [1.29, 1.82) is 0 Å². The van der Waals surface area contributed by atoms with Gasteiger partial charge < -0.3 is 95.2 Å². The van der Waals surface area contributed by atoms with E-state index in [0.29, 0.717) is 6.42 Å². The molecule has 69 heavy (non-hydrogen) atoms. The number of fused-ring (bicyclic) bond motifs is 3. The molecular weight excluding hydrogens is 909 g/mol. The summed E-state index contributed by atoms with van der Waals surface area (Å²) in [6.07, 6.45) is -18.2. The van der Waals surface area contributed by atoms with E-state index in [0.717, 1.165) is 6.08 Å². The predicted octanol–water partition coefficient (Wildman–Crippen LogP) is -0.584. The molecule has 404 valence electrons. The van der Waals surface area contributed by atoms with Crippen LogP contribution in [0.15, 0.2) is 12.2 Å². The summed E-state index contributed by atoms with van der Waals surface area (Å²) in [5.74, 6) is -6.45. The summed E-state index contributed by atoms with van der Waals surface area (Å²) < 4.78 is 29.5. The molecule has 3 saturated heterocycles. The van der Waals surface area contributed by atoms with Gasteiger partial charge >= 0.3 is 5.97 Å². The van der Waals surface area contributed by atoms with Crippen LogP contribution in [0, 0.1) is 29.6 Å². The van der Waals surface area contributed by atoms with Gasteiger partial charge in [0.15, 0.2) is 12.1 Å². The van der Waals surface area contributed by atoms with Crippen LogP contribution < -0.4 is 0 Å². The zero-order valence-electron chi connectivity index (χ0n) is 41.5. The number of carbonyl (C=O) groups is 1. The van der Waals surface area contributed by atoms with Crippen molar-refractivity contribution in [2.24, 2.45) is 29.6 Å². The molecule has 0 aliphatic carbocycles. The minimum atomic E-state index is -2.36. The lowest BCUT2D eigenvalue weighted by Gasteiger charge is -2.45. The molecule has 4 heterocycles. The van der Waals surface area contributed by atoms with Crippen molar-refractivity contribution in [2.45, 2.75) is 260 Å². The van der Waals surface area contributed by atoms with Crippen LogP contribution in [0.4, 0.5) is 0 Å². The Morgan fingerprint density at radius 2 is 1.28 bits per heavy atom. The number of carbonyl (C=O) groups excluding carboxylic acids is 1. The summed E-state index contributed by atoms with van der Waals surface area (Å²) in [6.45, 7) is 11.8. The average Bonchev–Trinajstić information content (AvgIpc) is 4.08. The van der Waals surface area contributed by atoms with Gasteiger partial charge in [-0.25, -0.2) is 4.79 Å². The lowest BCUT2D eigenvalue weighted by Crippen LogP contribution is -2.59. The standard InChI is InChI=1S/C49H88O20/c1-23-14-15-32(52)18-33(53)16-31(51)11-9-13-40(59)67-45(26(4)43(61)25(3)42(60)24(2)28(6)65-41-21-37(56)44(62)29(7)66-41)27(5)46-47(68-46)36(55)12-8-10-30(50)17-34(54)19-35-20-38(57)48(63)49(64,69-35)22-39(23)58/h9,13,23-39,41-48,50-58,60-64H,8,10-12,14-22H2,1-7H3/b13-9+/t23-,24+,25-,26+,27-,28+,29-,30-,31+,32?,33+,34+,35-,36+,37-,38+,39-,41+,42+,43+,44+,45?,46-,47+,48-,49+/m1/s1. The number of ether oxygens (including phenoxy) is 5. The second-order valence-electron chi connectivity index (χ2n) is 21.3. The van der Waals surface area contributed by atoms with Gasteiger partial charge in [-0.3, -0.25) is 0 Å². The van der Waals surface area contributed by atoms with E-state index in [1.165, 1.54) is 6.08 Å². The smallest absolute Gasteiger partial charge is 0.330 e. The van der Waals surface area contributed by atoms with E-state index in [-0.39, 0.29) is 70.6 Å². The van der Waals surface area contributed by atoms with Crippen molar-refractivity contribution in [3.63, 3.8) is 0 Å². The van der Waals surface area contributed by atoms with E-state index in [2.05, 4.69) is 0 Å². The van der Waals surface area contributed by atoms with Gasteiger partial charge in [-0.1, -0.05) is 40.7 Å². The molecule has 26 atom stereocenters. The second-order valence-corrected chi connectivity index (χ2v) is 21.3. The van der Waals surface area contributed by atoms with Gasteiger partial charge in [0, 0.05) is 49.0 Å². The third-order valence-electron chi connectivity index (χ3n) is 15.4. The third kappa shape index (κ3) is 17.6. The van der Waals surface area contributed by atoms with Gasteiger partial charge in [0.05, 0.1) is 91.6 Å². The molecule has 20 nitrogen and oxygen atoms in total. The van der Waals surface area contributed by atoms with E-state index in [1.54, 1.807) is 48.5 Å². The number of rotatable bonds is 8. The SMILES string of the molecule is C[C@H]([C@@H](O)[C@@H](C)[C@H](C)O[C@@H]1C[C@@H](O)[C@@H](O)[C@@H](C)O1)[C@H](O)[C@H](C)C1OC(=O)/C=C/C[C@H](O)C[C@H](O)CC(O)CC[C@@H](C)[C@H](O)C[C@]2(O)O[C@H](C[C@@H](O)C[C@H](O)CCC[C@H](O)[C@@H]3O[C@@H]3[C@@H]1C)C[C@H](O)[C@H]2O. The Labute approximate surface area is 406 Å². The molecule has 4 aliphatic heterocycles. The van der Waals surface area contributed by atoms with Crippen molar-refractivity contribution < 1.29 is 100.0 Å². The molecule has 0 radical (unpaired) electrons. The normalized spacial score (nSPS) is 45.6. The van der Waals surface area contributed by atoms with E-state index in [4.69, 9.17) is 23.7 Å². The Kier molecular flexibility index (Phi) is 23.6. The molecule has 0 aromatic heterocycles. The molecular formula is C49H88O20. The Morgan fingerprint density at radius 1 is 0.652 bits per heavy atom. The molecule has 2 bridgehead atoms. The summed E-state index contributed by atoms with van der Waals surface area (Å²) in [4.78, 5) is 13.4. The molecule has 14 N–H and O–H groups in total. The Morgan fingerprint density at radius 3 is 1.93 bits per heavy atom. The number of esters is 1. The number of aliphatic hydroxyl groups excluding tert-OH is 13. The van der Waals surface area contributed by atoms with Crippen LogP contribution in [0.5, 0.6) is 0 Å². The quantitative estimate of drug-likeness (QED) is 0.107. The number of hydrogen-bond donors (Lipinski definition) is 14. The summed E-state index contributed by atoms with van der Waals surface area (Å²) in [5, 5.41) is 152. The minimum absolute atomic E-state index is 0.0279. The van der Waals surface area contributed by atoms with Crippen molar-refractivity contribution >= 4 is 5.97 Å². The number of cyclic esters (lactones) is 1. The van der Waals surface area contributed by atoms with Gasteiger partial charge in [-0.2, -0.15) is 0 Å². The van der Waals surface area contributed by atoms with Gasteiger partial charge in [-0.15, -0.1) is 0 Å². The minimum Gasteiger partial charge on any atom is -0.458 e. The first-order chi connectivity index (χ1) is 32.2. The monoisotopic (exact) mass is 997 g/mol. The maximum Gasteiger partial charge on any atom is 0.330 e. The summed E-state index contributed by atoms with van der Waals surface area (Å²) in [5.41, 5.74) is 0. The van der Waals surface area contributed by atoms with Crippen LogP contribution in [-0.2, 0) is 28.5 Å². The molecule has 20 heteroatoms. The molecule has 3 fully saturated rings. The van der Waals surface area contributed by atoms with Crippen LogP contribution >= 0.6 is 0 Å². The maximum atomic E-state index is 13.4. The number of aliphatic hydroxyl groups is 14. The number of hydrogen-bond acceptors (Lipinski definition) is 20. The lowest BCUT2D eigenvalue weighted by molar-refractivity contribution is -0.333. The summed E-state index contributed by atoms with van der Waals surface area (Å²) in [6, 6.07) is 0. The van der Waals surface area contributed by atoms with Crippen molar-refractivity contribution in [2.75, 3.05) is 0 Å². The first-order valence-electron chi connectivity index (χ1n) is 25.3. The molecule has 0 amide bonds. The second kappa shape index (κ2) is 27.1. The first-order valence-corrected chi connectivity index (χ1v) is 25.3. The fraction of sp³-hybridized carbons (Fsp3) is 0.939. The largest absolute Gasteiger partial charge is 0.458 e. The van der Waals surface area contributed by atoms with Crippen LogP contribution in [0.25, 0.3) is 0 Å². The molecule has 4 aliphatic rings. The summed E-state index contributed by atoms with van der Waals surface area (Å²) >= 11 is 0. The lowest BCUT2D eigenvalue weighted by atomic mass is 9.77. The Balaban J connectivity index is 1.47. The zero-order valence-corrected chi connectivity index (χ0v) is 41.5. The predicted molar refractivity (Wildman–Crippen MR) is 246 cm³/mol. The first kappa shape index (κ1) is 60.0. The molecule has 2 unspecified atom stereocenters. The number of epoxide rings is 1. The zero-order chi connectivity index (χ0) is 51.7. The molecule has 0 spiro atoms. The third-order valence-corrected chi connectivity index (χ3v) is 15.4. The van der Waals surface area contributed by atoms with E-state index >= 15 is 0 Å². The Bertz CT molecular complexity index is 1530. The fourth-order valence-corrected chi connectivity index (χ4v) is 10.4. The van der Waals surface area contributed by atoms with E-state index in [9.17, 15) is 76.3 Å². The topological polar surface area (TPSA) is 350 Å². The highest BCUT2D eigenvalue weighted by molar-refractivity contribution is 5.82. The van der Waals surface area contributed by atoms with E-state index in [1.807, 2.05) is 0 Å². The van der Waals surface area contributed by atoms with Crippen LogP contribution in [0.1, 0.15) is 132 Å². The van der Waals surface area contributed by atoms with Gasteiger partial charge in [-0.05, 0) is 84.0 Å². The van der Waals surface area contributed by atoms with Crippen molar-refractivity contribution in [1.82, 2.24) is 0 Å². The highest BCUT2D eigenvalue weighted by Crippen LogP contribution is 2.40. The van der Waals surface area contributed by atoms with Crippen LogP contribution in [-0.4, -0.2) is 206 Å².